The molecule has 3 aromatic rings. The highest BCUT2D eigenvalue weighted by atomic mass is 35.5. The first-order chi connectivity index (χ1) is 18.3. The third kappa shape index (κ3) is 6.73. The third-order valence-electron chi connectivity index (χ3n) is 5.55. The SMILES string of the molecule is CSc1c(Cl)nc(-c2ccc(NC(=O)Nc3ccc(S(=O)(=O)N4CCOCC4)cc3)cc2)nc1NCCO. The van der Waals surface area contributed by atoms with Crippen LogP contribution in [0, 0.1) is 0 Å². The van der Waals surface area contributed by atoms with Gasteiger partial charge in [-0.2, -0.15) is 4.31 Å². The number of nitrogens with zero attached hydrogens (tertiary/aromatic N) is 3. The van der Waals surface area contributed by atoms with Gasteiger partial charge < -0.3 is 25.8 Å². The molecule has 2 amide bonds. The summed E-state index contributed by atoms with van der Waals surface area (Å²) in [7, 11) is -3.61. The van der Waals surface area contributed by atoms with Crippen LogP contribution in [0.3, 0.4) is 0 Å². The molecule has 1 aliphatic rings. The van der Waals surface area contributed by atoms with Crippen molar-refractivity contribution in [3.63, 3.8) is 0 Å². The number of halogens is 1. The molecule has 202 valence electrons. The van der Waals surface area contributed by atoms with Crippen molar-refractivity contribution < 1.29 is 23.1 Å². The minimum absolute atomic E-state index is 0.0507. The van der Waals surface area contributed by atoms with Gasteiger partial charge in [0, 0.05) is 36.6 Å². The number of aliphatic hydroxyl groups is 1. The van der Waals surface area contributed by atoms with Gasteiger partial charge in [-0.1, -0.05) is 11.6 Å². The number of ether oxygens (including phenoxy) is 1. The zero-order valence-electron chi connectivity index (χ0n) is 20.5. The monoisotopic (exact) mass is 578 g/mol. The maximum atomic E-state index is 12.7. The topological polar surface area (TPSA) is 146 Å². The van der Waals surface area contributed by atoms with E-state index in [1.165, 1.54) is 40.3 Å². The summed E-state index contributed by atoms with van der Waals surface area (Å²) in [5, 5.41) is 17.9. The first-order valence-corrected chi connectivity index (χ1v) is 14.7. The molecule has 1 fully saturated rings. The molecule has 1 saturated heterocycles. The Morgan fingerprint density at radius 3 is 2.24 bits per heavy atom. The third-order valence-corrected chi connectivity index (χ3v) is 8.65. The molecule has 0 spiro atoms. The molecule has 0 saturated carbocycles. The number of benzene rings is 2. The van der Waals surface area contributed by atoms with Crippen molar-refractivity contribution in [2.24, 2.45) is 0 Å². The van der Waals surface area contributed by atoms with Crippen molar-refractivity contribution in [3.05, 3.63) is 53.7 Å². The van der Waals surface area contributed by atoms with Gasteiger partial charge >= 0.3 is 6.03 Å². The smallest absolute Gasteiger partial charge is 0.323 e. The Bertz CT molecular complexity index is 1370. The van der Waals surface area contributed by atoms with Crippen molar-refractivity contribution >= 4 is 56.6 Å². The van der Waals surface area contributed by atoms with E-state index in [-0.39, 0.29) is 11.5 Å². The number of thioether (sulfide) groups is 1. The fourth-order valence-electron chi connectivity index (χ4n) is 3.67. The summed E-state index contributed by atoms with van der Waals surface area (Å²) in [6, 6.07) is 12.4. The van der Waals surface area contributed by atoms with Crippen LogP contribution in [0.5, 0.6) is 0 Å². The molecule has 0 bridgehead atoms. The van der Waals surface area contributed by atoms with E-state index in [1.54, 1.807) is 24.3 Å². The van der Waals surface area contributed by atoms with E-state index in [4.69, 9.17) is 21.4 Å². The number of aromatic nitrogens is 2. The number of urea groups is 1. The molecule has 38 heavy (non-hydrogen) atoms. The zero-order chi connectivity index (χ0) is 27.1. The van der Waals surface area contributed by atoms with Gasteiger partial charge in [-0.05, 0) is 54.8 Å². The fraction of sp³-hybridized carbons (Fsp3) is 0.292. The Labute approximate surface area is 230 Å². The van der Waals surface area contributed by atoms with Crippen LogP contribution in [0.4, 0.5) is 22.0 Å². The number of morpholine rings is 1. The summed E-state index contributed by atoms with van der Waals surface area (Å²) in [6.45, 7) is 1.64. The summed E-state index contributed by atoms with van der Waals surface area (Å²) in [5.41, 5.74) is 1.66. The predicted molar refractivity (Wildman–Crippen MR) is 148 cm³/mol. The lowest BCUT2D eigenvalue weighted by atomic mass is 10.2. The summed E-state index contributed by atoms with van der Waals surface area (Å²) >= 11 is 7.74. The maximum Gasteiger partial charge on any atom is 0.323 e. The second-order valence-corrected chi connectivity index (χ2v) is 11.2. The average Bonchev–Trinajstić information content (AvgIpc) is 2.92. The number of nitrogens with one attached hydrogen (secondary N) is 3. The summed E-state index contributed by atoms with van der Waals surface area (Å²) in [6.07, 6.45) is 1.86. The van der Waals surface area contributed by atoms with Gasteiger partial charge in [0.1, 0.15) is 11.0 Å². The maximum absolute atomic E-state index is 12.7. The largest absolute Gasteiger partial charge is 0.395 e. The van der Waals surface area contributed by atoms with Crippen molar-refractivity contribution in [3.8, 4) is 11.4 Å². The summed E-state index contributed by atoms with van der Waals surface area (Å²) in [4.78, 5) is 22.2. The number of rotatable bonds is 9. The van der Waals surface area contributed by atoms with Crippen LogP contribution in [0.2, 0.25) is 5.15 Å². The zero-order valence-corrected chi connectivity index (χ0v) is 22.9. The van der Waals surface area contributed by atoms with Gasteiger partial charge in [0.25, 0.3) is 0 Å². The summed E-state index contributed by atoms with van der Waals surface area (Å²) in [5.74, 6) is 0.934. The molecule has 11 nitrogen and oxygen atoms in total. The number of amides is 2. The second kappa shape index (κ2) is 12.7. The lowest BCUT2D eigenvalue weighted by molar-refractivity contribution is 0.0730. The minimum atomic E-state index is -3.61. The Morgan fingerprint density at radius 1 is 1.05 bits per heavy atom. The van der Waals surface area contributed by atoms with Crippen LogP contribution in [0.1, 0.15) is 0 Å². The van der Waals surface area contributed by atoms with E-state index < -0.39 is 16.1 Å². The van der Waals surface area contributed by atoms with Crippen molar-refractivity contribution in [2.75, 3.05) is 61.7 Å². The molecule has 4 rings (SSSR count). The minimum Gasteiger partial charge on any atom is -0.395 e. The van der Waals surface area contributed by atoms with Gasteiger partial charge in [-0.25, -0.2) is 23.2 Å². The quantitative estimate of drug-likeness (QED) is 0.221. The van der Waals surface area contributed by atoms with Crippen LogP contribution >= 0.6 is 23.4 Å². The molecule has 4 N–H and O–H groups in total. The van der Waals surface area contributed by atoms with Crippen LogP contribution in [0.25, 0.3) is 11.4 Å². The van der Waals surface area contributed by atoms with Crippen LogP contribution in [0.15, 0.2) is 58.3 Å². The molecule has 2 aromatic carbocycles. The Balaban J connectivity index is 1.39. The normalized spacial score (nSPS) is 14.2. The van der Waals surface area contributed by atoms with E-state index in [9.17, 15) is 13.2 Å². The van der Waals surface area contributed by atoms with Crippen LogP contribution in [-0.4, -0.2) is 79.5 Å². The number of sulfonamides is 1. The number of aliphatic hydroxyl groups excluding tert-OH is 1. The van der Waals surface area contributed by atoms with E-state index in [0.717, 1.165) is 0 Å². The van der Waals surface area contributed by atoms with Crippen LogP contribution < -0.4 is 16.0 Å². The number of hydrogen-bond donors (Lipinski definition) is 4. The highest BCUT2D eigenvalue weighted by Crippen LogP contribution is 2.32. The van der Waals surface area contributed by atoms with Gasteiger partial charge in [0.05, 0.1) is 29.6 Å². The predicted octanol–water partition coefficient (Wildman–Crippen LogP) is 3.59. The van der Waals surface area contributed by atoms with Crippen molar-refractivity contribution in [1.29, 1.82) is 0 Å². The van der Waals surface area contributed by atoms with E-state index in [1.807, 2.05) is 6.26 Å². The Morgan fingerprint density at radius 2 is 1.66 bits per heavy atom. The Kier molecular flexibility index (Phi) is 9.41. The molecule has 1 aromatic heterocycles. The highest BCUT2D eigenvalue weighted by Gasteiger charge is 2.26. The number of carbonyl (C=O) groups is 1. The van der Waals surface area contributed by atoms with Crippen molar-refractivity contribution in [1.82, 2.24) is 14.3 Å². The number of hydrogen-bond acceptors (Lipinski definition) is 9. The molecule has 2 heterocycles. The molecular weight excluding hydrogens is 552 g/mol. The lowest BCUT2D eigenvalue weighted by Gasteiger charge is -2.26. The first-order valence-electron chi connectivity index (χ1n) is 11.6. The number of carbonyl (C=O) groups excluding carboxylic acids is 1. The number of anilines is 3. The second-order valence-electron chi connectivity index (χ2n) is 8.07. The van der Waals surface area contributed by atoms with Gasteiger partial charge in [-0.3, -0.25) is 0 Å². The van der Waals surface area contributed by atoms with Crippen LogP contribution in [-0.2, 0) is 14.8 Å². The molecule has 0 radical (unpaired) electrons. The standard InChI is InChI=1S/C24H27ClN6O5S2/c1-37-20-21(25)29-22(30-23(20)26-10-13-32)16-2-4-17(5-3-16)27-24(33)28-18-6-8-19(9-7-18)38(34,35)31-11-14-36-15-12-31/h2-9,32H,10-15H2,1H3,(H,26,29,30)(H2,27,28,33). The molecule has 14 heteroatoms. The van der Waals surface area contributed by atoms with Gasteiger partial charge in [0.15, 0.2) is 5.82 Å². The average molecular weight is 579 g/mol. The molecular formula is C24H27ClN6O5S2. The van der Waals surface area contributed by atoms with Crippen molar-refractivity contribution in [2.45, 2.75) is 9.79 Å². The van der Waals surface area contributed by atoms with E-state index >= 15 is 0 Å². The molecule has 0 aliphatic carbocycles. The van der Waals surface area contributed by atoms with E-state index in [2.05, 4.69) is 25.9 Å². The first kappa shape index (κ1) is 28.1. The molecule has 0 atom stereocenters. The highest BCUT2D eigenvalue weighted by molar-refractivity contribution is 7.98. The molecule has 0 unspecified atom stereocenters. The van der Waals surface area contributed by atoms with E-state index in [0.29, 0.717) is 71.5 Å². The fourth-order valence-corrected chi connectivity index (χ4v) is 6.00. The van der Waals surface area contributed by atoms with Gasteiger partial charge in [-0.15, -0.1) is 11.8 Å². The van der Waals surface area contributed by atoms with Gasteiger partial charge in [0.2, 0.25) is 10.0 Å². The Hall–Kier alpha value is -2.94. The summed E-state index contributed by atoms with van der Waals surface area (Å²) < 4.78 is 32.1. The molecule has 1 aliphatic heterocycles. The lowest BCUT2D eigenvalue weighted by Crippen LogP contribution is -2.40.